The molecule has 9 heteroatoms. The molecule has 1 saturated heterocycles. The maximum atomic E-state index is 12.2. The van der Waals surface area contributed by atoms with Crippen LogP contribution in [0.15, 0.2) is 18.2 Å². The first-order valence-electron chi connectivity index (χ1n) is 6.49. The van der Waals surface area contributed by atoms with Gasteiger partial charge >= 0.3 is 12.5 Å². The van der Waals surface area contributed by atoms with Crippen molar-refractivity contribution in [2.45, 2.75) is 12.9 Å². The van der Waals surface area contributed by atoms with Gasteiger partial charge in [-0.25, -0.2) is 4.79 Å². The molecule has 0 bridgehead atoms. The summed E-state index contributed by atoms with van der Waals surface area (Å²) in [5, 5.41) is 8.75. The lowest BCUT2D eigenvalue weighted by atomic mass is 10.2. The van der Waals surface area contributed by atoms with Crippen LogP contribution in [0.2, 0.25) is 5.02 Å². The second-order valence-corrected chi connectivity index (χ2v) is 5.27. The zero-order valence-corrected chi connectivity index (χ0v) is 12.2. The van der Waals surface area contributed by atoms with E-state index in [0.29, 0.717) is 32.7 Å². The summed E-state index contributed by atoms with van der Waals surface area (Å²) in [5.41, 5.74) is 0.739. The number of carboxylic acid groups (broad SMARTS) is 1. The molecule has 0 spiro atoms. The molecule has 0 radical (unpaired) electrons. The molecule has 0 unspecified atom stereocenters. The highest BCUT2D eigenvalue weighted by Crippen LogP contribution is 2.31. The van der Waals surface area contributed by atoms with Crippen molar-refractivity contribution in [1.29, 1.82) is 0 Å². The van der Waals surface area contributed by atoms with Crippen molar-refractivity contribution < 1.29 is 27.8 Å². The van der Waals surface area contributed by atoms with Crippen LogP contribution >= 0.6 is 11.6 Å². The zero-order chi connectivity index (χ0) is 16.3. The summed E-state index contributed by atoms with van der Waals surface area (Å²) in [4.78, 5) is 14.1. The number of carbonyl (C=O) groups is 1. The molecule has 1 aliphatic heterocycles. The Kier molecular flexibility index (Phi) is 5.02. The third-order valence-electron chi connectivity index (χ3n) is 3.27. The summed E-state index contributed by atoms with van der Waals surface area (Å²) in [6, 6.07) is 4.11. The summed E-state index contributed by atoms with van der Waals surface area (Å²) in [6.45, 7) is 2.41. The average molecular weight is 339 g/mol. The number of ether oxygens (including phenoxy) is 1. The molecule has 1 aliphatic rings. The Morgan fingerprint density at radius 1 is 1.27 bits per heavy atom. The summed E-state index contributed by atoms with van der Waals surface area (Å²) < 4.78 is 40.3. The van der Waals surface area contributed by atoms with Crippen molar-refractivity contribution in [2.75, 3.05) is 26.2 Å². The van der Waals surface area contributed by atoms with E-state index in [1.54, 1.807) is 0 Å². The van der Waals surface area contributed by atoms with E-state index in [-0.39, 0.29) is 5.02 Å². The lowest BCUT2D eigenvalue weighted by Gasteiger charge is -2.33. The molecule has 22 heavy (non-hydrogen) atoms. The lowest BCUT2D eigenvalue weighted by molar-refractivity contribution is -0.274. The number of amides is 1. The highest BCUT2D eigenvalue weighted by atomic mass is 35.5. The summed E-state index contributed by atoms with van der Waals surface area (Å²) >= 11 is 5.79. The van der Waals surface area contributed by atoms with E-state index in [9.17, 15) is 18.0 Å². The Hall–Kier alpha value is -1.67. The van der Waals surface area contributed by atoms with Crippen molar-refractivity contribution in [2.24, 2.45) is 0 Å². The van der Waals surface area contributed by atoms with E-state index < -0.39 is 18.2 Å². The molecule has 5 nitrogen and oxygen atoms in total. The van der Waals surface area contributed by atoms with Crippen molar-refractivity contribution in [1.82, 2.24) is 9.80 Å². The largest absolute Gasteiger partial charge is 0.573 e. The highest BCUT2D eigenvalue weighted by molar-refractivity contribution is 6.32. The standard InChI is InChI=1S/C13H14ClF3N2O3/c14-10-7-9(1-2-11(10)22-13(15,16)17)8-18-3-5-19(6-4-18)12(20)21/h1-2,7H,3-6,8H2,(H,20,21). The first-order valence-corrected chi connectivity index (χ1v) is 6.87. The fourth-order valence-electron chi connectivity index (χ4n) is 2.21. The molecule has 0 saturated carbocycles. The molecule has 1 N–H and O–H groups in total. The van der Waals surface area contributed by atoms with Crippen molar-refractivity contribution in [3.63, 3.8) is 0 Å². The Morgan fingerprint density at radius 3 is 2.41 bits per heavy atom. The van der Waals surface area contributed by atoms with Crippen LogP contribution in [0, 0.1) is 0 Å². The first kappa shape index (κ1) is 16.7. The van der Waals surface area contributed by atoms with Gasteiger partial charge in [-0.3, -0.25) is 4.90 Å². The minimum absolute atomic E-state index is 0.112. The van der Waals surface area contributed by atoms with Crippen molar-refractivity contribution >= 4 is 17.7 Å². The number of hydrogen-bond donors (Lipinski definition) is 1. The number of halogens is 4. The zero-order valence-electron chi connectivity index (χ0n) is 11.4. The molecule has 1 aromatic carbocycles. The third-order valence-corrected chi connectivity index (χ3v) is 3.57. The molecule has 1 amide bonds. The number of hydrogen-bond acceptors (Lipinski definition) is 3. The van der Waals surface area contributed by atoms with Gasteiger partial charge in [0.1, 0.15) is 5.75 Å². The van der Waals surface area contributed by atoms with Gasteiger partial charge in [0.25, 0.3) is 0 Å². The van der Waals surface area contributed by atoms with Crippen LogP contribution in [-0.2, 0) is 6.54 Å². The van der Waals surface area contributed by atoms with Crippen LogP contribution in [0.5, 0.6) is 5.75 Å². The van der Waals surface area contributed by atoms with Gasteiger partial charge in [-0.15, -0.1) is 13.2 Å². The average Bonchev–Trinajstić information content (AvgIpc) is 2.41. The predicted octanol–water partition coefficient (Wildman–Crippen LogP) is 3.03. The van der Waals surface area contributed by atoms with Gasteiger partial charge in [0.2, 0.25) is 0 Å². The molecule has 2 rings (SSSR count). The number of nitrogens with zero attached hydrogens (tertiary/aromatic N) is 2. The maximum Gasteiger partial charge on any atom is 0.573 e. The second-order valence-electron chi connectivity index (χ2n) is 4.86. The lowest BCUT2D eigenvalue weighted by Crippen LogP contribution is -2.47. The number of piperazine rings is 1. The van der Waals surface area contributed by atoms with Gasteiger partial charge in [-0.1, -0.05) is 17.7 Å². The van der Waals surface area contributed by atoms with Crippen molar-refractivity contribution in [3.05, 3.63) is 28.8 Å². The van der Waals surface area contributed by atoms with Crippen LogP contribution in [0.1, 0.15) is 5.56 Å². The normalized spacial score (nSPS) is 16.6. The molecule has 0 atom stereocenters. The fourth-order valence-corrected chi connectivity index (χ4v) is 2.45. The quantitative estimate of drug-likeness (QED) is 0.920. The van der Waals surface area contributed by atoms with Gasteiger partial charge in [-0.05, 0) is 17.7 Å². The summed E-state index contributed by atoms with van der Waals surface area (Å²) in [7, 11) is 0. The van der Waals surface area contributed by atoms with Gasteiger partial charge in [0, 0.05) is 32.7 Å². The molecule has 1 heterocycles. The third kappa shape index (κ3) is 4.67. The molecule has 0 aliphatic carbocycles. The maximum absolute atomic E-state index is 12.2. The van der Waals surface area contributed by atoms with E-state index in [2.05, 4.69) is 4.74 Å². The molecule has 1 fully saturated rings. The Labute approximate surface area is 129 Å². The number of alkyl halides is 3. The van der Waals surface area contributed by atoms with Gasteiger partial charge in [-0.2, -0.15) is 0 Å². The van der Waals surface area contributed by atoms with E-state index in [4.69, 9.17) is 16.7 Å². The Bertz CT molecular complexity index is 546. The Balaban J connectivity index is 1.94. The minimum Gasteiger partial charge on any atom is -0.465 e. The molecule has 122 valence electrons. The van der Waals surface area contributed by atoms with Crippen LogP contribution < -0.4 is 4.74 Å². The van der Waals surface area contributed by atoms with E-state index in [0.717, 1.165) is 5.56 Å². The van der Waals surface area contributed by atoms with Gasteiger partial charge in [0.15, 0.2) is 0 Å². The Morgan fingerprint density at radius 2 is 1.91 bits per heavy atom. The highest BCUT2D eigenvalue weighted by Gasteiger charge is 2.32. The van der Waals surface area contributed by atoms with Crippen LogP contribution in [-0.4, -0.2) is 53.5 Å². The molecule has 0 aromatic heterocycles. The van der Waals surface area contributed by atoms with Gasteiger partial charge < -0.3 is 14.7 Å². The van der Waals surface area contributed by atoms with Crippen LogP contribution in [0.4, 0.5) is 18.0 Å². The van der Waals surface area contributed by atoms with E-state index >= 15 is 0 Å². The number of rotatable bonds is 3. The smallest absolute Gasteiger partial charge is 0.465 e. The monoisotopic (exact) mass is 338 g/mol. The van der Waals surface area contributed by atoms with Gasteiger partial charge in [0.05, 0.1) is 5.02 Å². The van der Waals surface area contributed by atoms with Crippen LogP contribution in [0.3, 0.4) is 0 Å². The predicted molar refractivity (Wildman–Crippen MR) is 73.0 cm³/mol. The SMILES string of the molecule is O=C(O)N1CCN(Cc2ccc(OC(F)(F)F)c(Cl)c2)CC1. The summed E-state index contributed by atoms with van der Waals surface area (Å²) in [6.07, 6.45) is -5.73. The topological polar surface area (TPSA) is 53.0 Å². The minimum atomic E-state index is -4.78. The van der Waals surface area contributed by atoms with Crippen LogP contribution in [0.25, 0.3) is 0 Å². The molecule has 1 aromatic rings. The second kappa shape index (κ2) is 6.62. The van der Waals surface area contributed by atoms with Crippen molar-refractivity contribution in [3.8, 4) is 5.75 Å². The summed E-state index contributed by atoms with van der Waals surface area (Å²) in [5.74, 6) is -0.436. The fraction of sp³-hybridized carbons (Fsp3) is 0.462. The molecular formula is C13H14ClF3N2O3. The number of benzene rings is 1. The molecular weight excluding hydrogens is 325 g/mol. The first-order chi connectivity index (χ1) is 10.2. The van der Waals surface area contributed by atoms with E-state index in [1.165, 1.54) is 23.1 Å². The van der Waals surface area contributed by atoms with E-state index in [1.807, 2.05) is 4.90 Å².